The van der Waals surface area contributed by atoms with Crippen molar-refractivity contribution in [3.8, 4) is 0 Å². The molecule has 0 spiro atoms. The van der Waals surface area contributed by atoms with Crippen molar-refractivity contribution < 1.29 is 18.1 Å². The zero-order valence-electron chi connectivity index (χ0n) is 11.3. The number of benzene rings is 1. The maximum atomic E-state index is 13.2. The smallest absolute Gasteiger partial charge is 0.404 e. The Kier molecular flexibility index (Phi) is 4.64. The van der Waals surface area contributed by atoms with Crippen LogP contribution in [0.2, 0.25) is 0 Å². The van der Waals surface area contributed by atoms with Crippen molar-refractivity contribution in [2.45, 2.75) is 19.4 Å². The van der Waals surface area contributed by atoms with Crippen LogP contribution >= 0.6 is 0 Å². The van der Waals surface area contributed by atoms with E-state index in [4.69, 9.17) is 4.42 Å². The zero-order valence-corrected chi connectivity index (χ0v) is 11.3. The second kappa shape index (κ2) is 6.45. The SMILES string of the molecule is CCNC(Cc1ccc(F)c(F)c1)c1ccc([N+](=O)[O-])o1. The van der Waals surface area contributed by atoms with Gasteiger partial charge in [0.2, 0.25) is 0 Å². The highest BCUT2D eigenvalue weighted by molar-refractivity contribution is 5.24. The van der Waals surface area contributed by atoms with Crippen LogP contribution in [0.3, 0.4) is 0 Å². The first-order valence-electron chi connectivity index (χ1n) is 6.42. The molecule has 0 fully saturated rings. The van der Waals surface area contributed by atoms with Crippen molar-refractivity contribution in [2.24, 2.45) is 0 Å². The molecule has 1 N–H and O–H groups in total. The summed E-state index contributed by atoms with van der Waals surface area (Å²) in [5.41, 5.74) is 0.568. The Labute approximate surface area is 119 Å². The Morgan fingerprint density at radius 1 is 1.29 bits per heavy atom. The lowest BCUT2D eigenvalue weighted by Crippen LogP contribution is -2.22. The van der Waals surface area contributed by atoms with Crippen molar-refractivity contribution in [1.82, 2.24) is 5.32 Å². The normalized spacial score (nSPS) is 12.3. The summed E-state index contributed by atoms with van der Waals surface area (Å²) in [4.78, 5) is 10.0. The average molecular weight is 296 g/mol. The van der Waals surface area contributed by atoms with Gasteiger partial charge in [0.05, 0.1) is 12.1 Å². The van der Waals surface area contributed by atoms with Crippen LogP contribution in [0.1, 0.15) is 24.3 Å². The number of hydrogen-bond acceptors (Lipinski definition) is 4. The lowest BCUT2D eigenvalue weighted by Gasteiger charge is -2.15. The van der Waals surface area contributed by atoms with E-state index in [-0.39, 0.29) is 11.9 Å². The Morgan fingerprint density at radius 3 is 2.62 bits per heavy atom. The molecule has 1 aromatic carbocycles. The summed E-state index contributed by atoms with van der Waals surface area (Å²) in [6.45, 7) is 2.47. The molecule has 1 unspecified atom stereocenters. The predicted molar refractivity (Wildman–Crippen MR) is 71.8 cm³/mol. The third-order valence-corrected chi connectivity index (χ3v) is 3.01. The van der Waals surface area contributed by atoms with Crippen LogP contribution in [0.4, 0.5) is 14.7 Å². The van der Waals surface area contributed by atoms with Crippen molar-refractivity contribution in [2.75, 3.05) is 6.54 Å². The molecule has 112 valence electrons. The van der Waals surface area contributed by atoms with Crippen LogP contribution in [0.25, 0.3) is 0 Å². The first-order valence-corrected chi connectivity index (χ1v) is 6.42. The van der Waals surface area contributed by atoms with Crippen molar-refractivity contribution in [3.05, 3.63) is 63.4 Å². The molecule has 1 heterocycles. The minimum absolute atomic E-state index is 0.329. The number of rotatable bonds is 6. The number of nitrogens with zero attached hydrogens (tertiary/aromatic N) is 1. The van der Waals surface area contributed by atoms with Crippen molar-refractivity contribution in [3.63, 3.8) is 0 Å². The van der Waals surface area contributed by atoms with Crippen LogP contribution in [0.5, 0.6) is 0 Å². The monoisotopic (exact) mass is 296 g/mol. The molecule has 7 heteroatoms. The fourth-order valence-corrected chi connectivity index (χ4v) is 2.05. The van der Waals surface area contributed by atoms with Crippen LogP contribution in [-0.4, -0.2) is 11.5 Å². The van der Waals surface area contributed by atoms with Crippen LogP contribution in [0, 0.1) is 21.7 Å². The van der Waals surface area contributed by atoms with Gasteiger partial charge in [0.25, 0.3) is 0 Å². The Bertz CT molecular complexity index is 643. The number of likely N-dealkylation sites (N-methyl/N-ethyl adjacent to an activating group) is 1. The molecule has 0 aliphatic rings. The van der Waals surface area contributed by atoms with Gasteiger partial charge in [-0.25, -0.2) is 8.78 Å². The van der Waals surface area contributed by atoms with Gasteiger partial charge in [-0.2, -0.15) is 0 Å². The first kappa shape index (κ1) is 15.1. The standard InChI is InChI=1S/C14H14F2N2O3/c1-2-17-12(13-5-6-14(21-13)18(19)20)8-9-3-4-10(15)11(16)7-9/h3-7,12,17H,2,8H2,1H3. The molecule has 2 rings (SSSR count). The molecule has 0 saturated heterocycles. The summed E-state index contributed by atoms with van der Waals surface area (Å²) >= 11 is 0. The van der Waals surface area contributed by atoms with E-state index in [0.717, 1.165) is 12.1 Å². The third kappa shape index (κ3) is 3.63. The maximum absolute atomic E-state index is 13.2. The van der Waals surface area contributed by atoms with Gasteiger partial charge in [-0.3, -0.25) is 10.1 Å². The molecule has 0 aliphatic heterocycles. The molecule has 1 atom stereocenters. The molecule has 0 saturated carbocycles. The van der Waals surface area contributed by atoms with Gasteiger partial charge in [-0.15, -0.1) is 0 Å². The summed E-state index contributed by atoms with van der Waals surface area (Å²) in [6, 6.07) is 6.06. The summed E-state index contributed by atoms with van der Waals surface area (Å²) in [5.74, 6) is -1.80. The fraction of sp³-hybridized carbons (Fsp3) is 0.286. The number of nitro groups is 1. The highest BCUT2D eigenvalue weighted by Gasteiger charge is 2.20. The van der Waals surface area contributed by atoms with Crippen LogP contribution < -0.4 is 5.32 Å². The number of halogens is 2. The highest BCUT2D eigenvalue weighted by atomic mass is 19.2. The average Bonchev–Trinajstić information content (AvgIpc) is 2.92. The molecule has 0 radical (unpaired) electrons. The van der Waals surface area contributed by atoms with E-state index in [1.807, 2.05) is 6.92 Å². The second-order valence-electron chi connectivity index (χ2n) is 4.50. The molecule has 2 aromatic rings. The van der Waals surface area contributed by atoms with Gasteiger partial charge in [0.1, 0.15) is 10.7 Å². The van der Waals surface area contributed by atoms with Gasteiger partial charge < -0.3 is 9.73 Å². The molecule has 21 heavy (non-hydrogen) atoms. The minimum atomic E-state index is -0.923. The van der Waals surface area contributed by atoms with Gasteiger partial charge in [0.15, 0.2) is 11.6 Å². The Hall–Kier alpha value is -2.28. The molecule has 5 nitrogen and oxygen atoms in total. The van der Waals surface area contributed by atoms with E-state index in [1.54, 1.807) is 0 Å². The van der Waals surface area contributed by atoms with E-state index in [9.17, 15) is 18.9 Å². The van der Waals surface area contributed by atoms with E-state index in [2.05, 4.69) is 5.32 Å². The highest BCUT2D eigenvalue weighted by Crippen LogP contribution is 2.25. The van der Waals surface area contributed by atoms with E-state index in [0.29, 0.717) is 24.3 Å². The summed E-state index contributed by atoms with van der Waals surface area (Å²) in [6.07, 6.45) is 0.329. The molecule has 0 bridgehead atoms. The Morgan fingerprint density at radius 2 is 2.05 bits per heavy atom. The summed E-state index contributed by atoms with van der Waals surface area (Å²) in [5, 5.41) is 13.7. The van der Waals surface area contributed by atoms with Crippen molar-refractivity contribution in [1.29, 1.82) is 0 Å². The van der Waals surface area contributed by atoms with Gasteiger partial charge >= 0.3 is 5.88 Å². The van der Waals surface area contributed by atoms with Gasteiger partial charge in [0, 0.05) is 0 Å². The number of furan rings is 1. The number of hydrogen-bond donors (Lipinski definition) is 1. The van der Waals surface area contributed by atoms with E-state index >= 15 is 0 Å². The number of nitrogens with one attached hydrogen (secondary N) is 1. The first-order chi connectivity index (χ1) is 10.0. The zero-order chi connectivity index (χ0) is 15.4. The van der Waals surface area contributed by atoms with Crippen LogP contribution in [-0.2, 0) is 6.42 Å². The molecule has 1 aromatic heterocycles. The topological polar surface area (TPSA) is 68.3 Å². The fourth-order valence-electron chi connectivity index (χ4n) is 2.05. The largest absolute Gasteiger partial charge is 0.433 e. The van der Waals surface area contributed by atoms with Gasteiger partial charge in [-0.05, 0) is 36.7 Å². The lowest BCUT2D eigenvalue weighted by molar-refractivity contribution is -0.402. The lowest BCUT2D eigenvalue weighted by atomic mass is 10.0. The van der Waals surface area contributed by atoms with Crippen LogP contribution in [0.15, 0.2) is 34.7 Å². The third-order valence-electron chi connectivity index (χ3n) is 3.01. The molecule has 0 amide bonds. The molecule has 0 aliphatic carbocycles. The Balaban J connectivity index is 2.21. The summed E-state index contributed by atoms with van der Waals surface area (Å²) in [7, 11) is 0. The maximum Gasteiger partial charge on any atom is 0.433 e. The van der Waals surface area contributed by atoms with Crippen molar-refractivity contribution >= 4 is 5.88 Å². The predicted octanol–water partition coefficient (Wildman–Crippen LogP) is 3.36. The molecular formula is C14H14F2N2O3. The van der Waals surface area contributed by atoms with Gasteiger partial charge in [-0.1, -0.05) is 13.0 Å². The minimum Gasteiger partial charge on any atom is -0.404 e. The summed E-state index contributed by atoms with van der Waals surface area (Å²) < 4.78 is 31.3. The molecular weight excluding hydrogens is 282 g/mol. The second-order valence-corrected chi connectivity index (χ2v) is 4.50. The van der Waals surface area contributed by atoms with E-state index in [1.165, 1.54) is 18.2 Å². The van der Waals surface area contributed by atoms with E-state index < -0.39 is 16.6 Å². The quantitative estimate of drug-likeness (QED) is 0.655.